The number of hydrogen-bond acceptors (Lipinski definition) is 4. The summed E-state index contributed by atoms with van der Waals surface area (Å²) in [7, 11) is -3.27. The first-order valence-corrected chi connectivity index (χ1v) is 7.58. The second-order valence-corrected chi connectivity index (χ2v) is 7.51. The molecule has 0 aromatic carbocycles. The third-order valence-electron chi connectivity index (χ3n) is 0.539. The van der Waals surface area contributed by atoms with E-state index in [4.69, 9.17) is 16.2 Å². The van der Waals surface area contributed by atoms with Crippen LogP contribution < -0.4 is 20.8 Å². The van der Waals surface area contributed by atoms with Gasteiger partial charge in [-0.15, -0.1) is 0 Å². The second kappa shape index (κ2) is 2.71. The Bertz CT molecular complexity index is 66.9. The summed E-state index contributed by atoms with van der Waals surface area (Å²) < 4.78 is 2.99. The summed E-state index contributed by atoms with van der Waals surface area (Å²) in [4.78, 5) is 0. The Morgan fingerprint density at radius 2 is 1.88 bits per heavy atom. The highest BCUT2D eigenvalue weighted by atomic mass is 28.4. The van der Waals surface area contributed by atoms with Crippen molar-refractivity contribution in [2.24, 2.45) is 16.2 Å². The van der Waals surface area contributed by atoms with E-state index >= 15 is 0 Å². The molecule has 6 heteroatoms. The van der Waals surface area contributed by atoms with Crippen LogP contribution in [0.4, 0.5) is 0 Å². The molecule has 0 heterocycles. The van der Waals surface area contributed by atoms with E-state index in [-0.39, 0.29) is 0 Å². The lowest BCUT2D eigenvalue weighted by molar-refractivity contribution is 1.26. The maximum atomic E-state index is 5.50. The summed E-state index contributed by atoms with van der Waals surface area (Å²) in [5.74, 6) is 0. The van der Waals surface area contributed by atoms with E-state index in [1.54, 1.807) is 0 Å². The Hall–Kier alpha value is 0.274. The molecule has 0 aliphatic carbocycles. The van der Waals surface area contributed by atoms with Crippen molar-refractivity contribution in [2.45, 2.75) is 13.1 Å². The molecule has 0 spiro atoms. The van der Waals surface area contributed by atoms with Crippen molar-refractivity contribution in [2.75, 3.05) is 0 Å². The molecule has 0 bridgehead atoms. The van der Waals surface area contributed by atoms with E-state index in [2.05, 4.69) is 4.65 Å². The van der Waals surface area contributed by atoms with Gasteiger partial charge in [0.1, 0.15) is 0 Å². The van der Waals surface area contributed by atoms with Gasteiger partial charge in [-0.25, -0.2) is 0 Å². The van der Waals surface area contributed by atoms with Crippen LogP contribution in [0, 0.1) is 0 Å². The zero-order chi connectivity index (χ0) is 6.78. The molecule has 0 aliphatic heterocycles. The molecule has 0 radical (unpaired) electrons. The molecule has 0 aromatic rings. The van der Waals surface area contributed by atoms with Crippen LogP contribution in [-0.4, -0.2) is 17.7 Å². The standard InChI is InChI=1S/C2H14N4Si2/c1-7(3)6-8(2,4)5/h6-7H,3-5H2,1-2H3. The SMILES string of the molecule is C[SiH](N)N[Si](C)(N)N. The Morgan fingerprint density at radius 1 is 1.50 bits per heavy atom. The first kappa shape index (κ1) is 8.27. The first-order chi connectivity index (χ1) is 3.42. The largest absolute Gasteiger partial charge is 0.342 e. The van der Waals surface area contributed by atoms with E-state index in [0.717, 1.165) is 0 Å². The van der Waals surface area contributed by atoms with Gasteiger partial charge in [0.05, 0.1) is 0 Å². The van der Waals surface area contributed by atoms with Crippen molar-refractivity contribution >= 4 is 17.7 Å². The third kappa shape index (κ3) is 6.27. The molecule has 0 aliphatic rings. The van der Waals surface area contributed by atoms with Crippen LogP contribution in [0.15, 0.2) is 0 Å². The molecule has 0 saturated heterocycles. The molecular weight excluding hydrogens is 136 g/mol. The maximum Gasteiger partial charge on any atom is 0.266 e. The number of nitrogens with two attached hydrogens (primary N) is 3. The van der Waals surface area contributed by atoms with Gasteiger partial charge in [0.15, 0.2) is 9.12 Å². The van der Waals surface area contributed by atoms with Crippen LogP contribution >= 0.6 is 0 Å². The Labute approximate surface area is 52.4 Å². The van der Waals surface area contributed by atoms with Crippen LogP contribution in [0.5, 0.6) is 0 Å². The number of nitrogens with one attached hydrogen (secondary N) is 1. The van der Waals surface area contributed by atoms with Gasteiger partial charge in [-0.1, -0.05) is 0 Å². The van der Waals surface area contributed by atoms with Gasteiger partial charge < -0.3 is 20.8 Å². The molecule has 1 atom stereocenters. The highest BCUT2D eigenvalue weighted by molar-refractivity contribution is 6.79. The van der Waals surface area contributed by atoms with Crippen LogP contribution in [0.2, 0.25) is 13.1 Å². The smallest absolute Gasteiger partial charge is 0.266 e. The Balaban J connectivity index is 3.39. The predicted octanol–water partition coefficient (Wildman–Crippen LogP) is -2.13. The van der Waals surface area contributed by atoms with Crippen molar-refractivity contribution in [3.8, 4) is 0 Å². The molecular formula is C2H14N4Si2. The predicted molar refractivity (Wildman–Crippen MR) is 40.3 cm³/mol. The summed E-state index contributed by atoms with van der Waals surface area (Å²) >= 11 is 0. The second-order valence-electron chi connectivity index (χ2n) is 2.22. The van der Waals surface area contributed by atoms with Gasteiger partial charge in [-0.2, -0.15) is 0 Å². The van der Waals surface area contributed by atoms with Crippen LogP contribution in [-0.2, 0) is 0 Å². The van der Waals surface area contributed by atoms with E-state index in [0.29, 0.717) is 0 Å². The van der Waals surface area contributed by atoms with Crippen molar-refractivity contribution in [1.29, 1.82) is 0 Å². The molecule has 0 aromatic heterocycles. The Morgan fingerprint density at radius 3 is 1.88 bits per heavy atom. The van der Waals surface area contributed by atoms with E-state index in [1.807, 2.05) is 13.1 Å². The van der Waals surface area contributed by atoms with E-state index in [1.165, 1.54) is 0 Å². The minimum absolute atomic E-state index is 1.23. The maximum absolute atomic E-state index is 5.50. The Kier molecular flexibility index (Phi) is 2.81. The van der Waals surface area contributed by atoms with Crippen LogP contribution in [0.25, 0.3) is 0 Å². The molecule has 0 saturated carbocycles. The van der Waals surface area contributed by atoms with Crippen molar-refractivity contribution in [3.63, 3.8) is 0 Å². The summed E-state index contributed by atoms with van der Waals surface area (Å²) in [6, 6.07) is 0. The molecule has 8 heavy (non-hydrogen) atoms. The highest BCUT2D eigenvalue weighted by Gasteiger charge is 2.16. The summed E-state index contributed by atoms with van der Waals surface area (Å²) in [5.41, 5.74) is 0. The average molecular weight is 150 g/mol. The molecule has 0 rings (SSSR count). The van der Waals surface area contributed by atoms with Gasteiger partial charge in [0.25, 0.3) is 8.56 Å². The minimum atomic E-state index is -2.03. The molecule has 1 unspecified atom stereocenters. The molecule has 50 valence electrons. The minimum Gasteiger partial charge on any atom is -0.342 e. The highest BCUT2D eigenvalue weighted by Crippen LogP contribution is 1.71. The normalized spacial score (nSPS) is 16.1. The fourth-order valence-corrected chi connectivity index (χ4v) is 4.42. The average Bonchev–Trinajstić information content (AvgIpc) is 1.21. The molecule has 0 amide bonds. The monoisotopic (exact) mass is 150 g/mol. The quantitative estimate of drug-likeness (QED) is 0.339. The van der Waals surface area contributed by atoms with Crippen molar-refractivity contribution in [1.82, 2.24) is 4.65 Å². The van der Waals surface area contributed by atoms with E-state index in [9.17, 15) is 0 Å². The van der Waals surface area contributed by atoms with Crippen LogP contribution in [0.3, 0.4) is 0 Å². The molecule has 7 N–H and O–H groups in total. The molecule has 4 nitrogen and oxygen atoms in total. The van der Waals surface area contributed by atoms with Gasteiger partial charge in [-0.05, 0) is 13.1 Å². The lowest BCUT2D eigenvalue weighted by atomic mass is 11.9. The third-order valence-corrected chi connectivity index (χ3v) is 4.85. The van der Waals surface area contributed by atoms with Gasteiger partial charge in [0, 0.05) is 0 Å². The lowest BCUT2D eigenvalue weighted by Gasteiger charge is -2.18. The van der Waals surface area contributed by atoms with Gasteiger partial charge in [0.2, 0.25) is 0 Å². The fraction of sp³-hybridized carbons (Fsp3) is 1.00. The van der Waals surface area contributed by atoms with Crippen LogP contribution in [0.1, 0.15) is 0 Å². The summed E-state index contributed by atoms with van der Waals surface area (Å²) in [5, 5.41) is 16.5. The molecule has 0 fully saturated rings. The zero-order valence-electron chi connectivity index (χ0n) is 5.31. The van der Waals surface area contributed by atoms with Gasteiger partial charge in [-0.3, -0.25) is 0 Å². The zero-order valence-corrected chi connectivity index (χ0v) is 7.46. The number of hydrogen-bond donors (Lipinski definition) is 4. The lowest BCUT2D eigenvalue weighted by Crippen LogP contribution is -2.70. The summed E-state index contributed by atoms with van der Waals surface area (Å²) in [6.07, 6.45) is 0. The topological polar surface area (TPSA) is 90.1 Å². The first-order valence-electron chi connectivity index (χ1n) is 2.53. The van der Waals surface area contributed by atoms with E-state index < -0.39 is 17.7 Å². The fourth-order valence-electron chi connectivity index (χ4n) is 0.491. The van der Waals surface area contributed by atoms with Crippen molar-refractivity contribution < 1.29 is 0 Å². The number of rotatable bonds is 2. The summed E-state index contributed by atoms with van der Waals surface area (Å²) in [6.45, 7) is 3.77. The van der Waals surface area contributed by atoms with Gasteiger partial charge >= 0.3 is 0 Å². The van der Waals surface area contributed by atoms with Crippen molar-refractivity contribution in [3.05, 3.63) is 0 Å².